The van der Waals surface area contributed by atoms with E-state index in [0.717, 1.165) is 6.42 Å². The molecule has 0 aliphatic carbocycles. The summed E-state index contributed by atoms with van der Waals surface area (Å²) in [6.45, 7) is 7.42. The molecule has 3 heterocycles. The Morgan fingerprint density at radius 3 is 2.12 bits per heavy atom. The molecular weight excluding hydrogens is 620 g/mol. The normalized spacial score (nSPS) is 19.6. The maximum absolute atomic E-state index is 7.27. The first-order chi connectivity index (χ1) is 19.9. The zero-order valence-corrected chi connectivity index (χ0v) is 26.8. The van der Waals surface area contributed by atoms with E-state index in [-0.39, 0.29) is 37.1 Å². The van der Waals surface area contributed by atoms with Gasteiger partial charge in [-0.3, -0.25) is 0 Å². The van der Waals surface area contributed by atoms with Crippen LogP contribution >= 0.6 is 11.6 Å². The van der Waals surface area contributed by atoms with Gasteiger partial charge in [-0.25, -0.2) is 0 Å². The Labute approximate surface area is 253 Å². The number of rotatable bonds is 8. The van der Waals surface area contributed by atoms with E-state index in [1.165, 1.54) is 21.2 Å². The van der Waals surface area contributed by atoms with Crippen molar-refractivity contribution in [2.45, 2.75) is 49.4 Å². The summed E-state index contributed by atoms with van der Waals surface area (Å²) >= 11 is 6.52. The summed E-state index contributed by atoms with van der Waals surface area (Å²) in [5, 5.41) is 2.79. The molecule has 0 amide bonds. The second-order valence-electron chi connectivity index (χ2n) is 11.3. The van der Waals surface area contributed by atoms with Crippen LogP contribution in [0.25, 0.3) is 11.2 Å². The van der Waals surface area contributed by atoms with Crippen LogP contribution in [0.2, 0.25) is 15.0 Å². The second-order valence-corrected chi connectivity index (χ2v) is 18.7. The minimum atomic E-state index is -2.68. The molecular formula is C32H33ClN4O2SeSi. The van der Waals surface area contributed by atoms with Crippen LogP contribution in [0.3, 0.4) is 0 Å². The summed E-state index contributed by atoms with van der Waals surface area (Å²) in [5.41, 5.74) is 1.29. The van der Waals surface area contributed by atoms with Crippen LogP contribution in [0.1, 0.15) is 33.4 Å². The number of ether oxygens (including phenoxy) is 1. The summed E-state index contributed by atoms with van der Waals surface area (Å²) in [6.07, 6.45) is 3.86. The van der Waals surface area contributed by atoms with Crippen molar-refractivity contribution in [2.75, 3.05) is 6.61 Å². The van der Waals surface area contributed by atoms with E-state index in [4.69, 9.17) is 20.8 Å². The Bertz CT molecular complexity index is 1560. The molecule has 3 atom stereocenters. The first kappa shape index (κ1) is 28.3. The van der Waals surface area contributed by atoms with Crippen molar-refractivity contribution in [3.8, 4) is 0 Å². The molecule has 210 valence electrons. The summed E-state index contributed by atoms with van der Waals surface area (Å²) in [4.78, 5) is 13.4. The molecule has 5 aromatic rings. The monoisotopic (exact) mass is 653 g/mol. The molecule has 0 saturated carbocycles. The zero-order valence-electron chi connectivity index (χ0n) is 23.4. The van der Waals surface area contributed by atoms with Gasteiger partial charge in [-0.15, -0.1) is 0 Å². The third-order valence-electron chi connectivity index (χ3n) is 7.67. The molecule has 0 spiro atoms. The molecule has 0 radical (unpaired) electrons. The second kappa shape index (κ2) is 11.8. The van der Waals surface area contributed by atoms with Crippen molar-refractivity contribution in [2.24, 2.45) is 0 Å². The van der Waals surface area contributed by atoms with Gasteiger partial charge in [0.05, 0.1) is 0 Å². The van der Waals surface area contributed by atoms with Crippen LogP contribution in [0.4, 0.5) is 0 Å². The predicted octanol–water partition coefficient (Wildman–Crippen LogP) is 5.16. The minimum absolute atomic E-state index is 0.0769. The van der Waals surface area contributed by atoms with Gasteiger partial charge in [0, 0.05) is 0 Å². The molecule has 2 aromatic heterocycles. The average molecular weight is 653 g/mol. The Kier molecular flexibility index (Phi) is 8.14. The molecule has 3 aromatic carbocycles. The number of nitrogens with zero attached hydrogens (tertiary/aromatic N) is 4. The van der Waals surface area contributed by atoms with Crippen LogP contribution in [0.15, 0.2) is 104 Å². The van der Waals surface area contributed by atoms with Crippen molar-refractivity contribution in [3.63, 3.8) is 0 Å². The Balaban J connectivity index is 1.34. The third-order valence-corrected chi connectivity index (χ3v) is 15.6. The van der Waals surface area contributed by atoms with Gasteiger partial charge in [0.1, 0.15) is 0 Å². The van der Waals surface area contributed by atoms with Gasteiger partial charge in [0.15, 0.2) is 0 Å². The first-order valence-electron chi connectivity index (χ1n) is 13.8. The fraction of sp³-hybridized carbons (Fsp3) is 0.281. The van der Waals surface area contributed by atoms with Crippen LogP contribution in [0.5, 0.6) is 0 Å². The maximum atomic E-state index is 7.27. The van der Waals surface area contributed by atoms with Crippen LogP contribution in [-0.4, -0.2) is 55.5 Å². The van der Waals surface area contributed by atoms with Crippen molar-refractivity contribution < 1.29 is 9.16 Å². The molecule has 0 N–H and O–H groups in total. The molecule has 6 rings (SSSR count). The number of hydrogen-bond acceptors (Lipinski definition) is 5. The zero-order chi connectivity index (χ0) is 28.5. The van der Waals surface area contributed by atoms with Crippen molar-refractivity contribution in [1.29, 1.82) is 0 Å². The van der Waals surface area contributed by atoms with Gasteiger partial charge in [-0.1, -0.05) is 0 Å². The number of benzene rings is 3. The standard InChI is InChI=1S/C32H33ClN4O2SeSi/c1-32(2,3)41(25-15-9-5-10-16-25,26-17-11-6-12-18-26)38-20-23-19-27(40-24-13-7-4-8-14-24)31(39-23)37-22-36-28-29(33)34-21-35-30(28)37/h4-18,21-23,27,31H,19-20H2,1-3H3/t23-,27+,31+/m0/s1/i19+1,20+1,23+1,27+1,31+1. The SMILES string of the molecule is CC(C)(C)[Si](O[13CH2][13C@@H]1[13CH2][13C@@H]([Se]c2ccccc2)[13C@H](n2cnc3c(Cl)ncnc32)O1)(c1ccccc1)c1ccccc1. The van der Waals surface area contributed by atoms with E-state index < -0.39 is 8.32 Å². The van der Waals surface area contributed by atoms with Crippen molar-refractivity contribution in [1.82, 2.24) is 19.5 Å². The van der Waals surface area contributed by atoms with Crippen LogP contribution in [-0.2, 0) is 9.16 Å². The third kappa shape index (κ3) is 5.53. The van der Waals surface area contributed by atoms with Gasteiger partial charge >= 0.3 is 254 Å². The molecule has 1 aliphatic rings. The Hall–Kier alpha value is -2.84. The topological polar surface area (TPSA) is 62.1 Å². The van der Waals surface area contributed by atoms with Gasteiger partial charge < -0.3 is 0 Å². The van der Waals surface area contributed by atoms with Gasteiger partial charge in [-0.2, -0.15) is 0 Å². The molecule has 1 saturated heterocycles. The van der Waals surface area contributed by atoms with Crippen LogP contribution < -0.4 is 14.8 Å². The Morgan fingerprint density at radius 2 is 1.51 bits per heavy atom. The predicted molar refractivity (Wildman–Crippen MR) is 168 cm³/mol. The molecule has 9 heteroatoms. The molecule has 1 aliphatic heterocycles. The first-order valence-corrected chi connectivity index (χ1v) is 18.0. The van der Waals surface area contributed by atoms with Gasteiger partial charge in [-0.05, 0) is 0 Å². The number of fused-ring (bicyclic) bond motifs is 1. The summed E-state index contributed by atoms with van der Waals surface area (Å²) in [5.74, 6) is 0. The van der Waals surface area contributed by atoms with Gasteiger partial charge in [0.25, 0.3) is 0 Å². The van der Waals surface area contributed by atoms with E-state index >= 15 is 0 Å². The van der Waals surface area contributed by atoms with E-state index in [1.807, 2.05) is 4.57 Å². The number of imidazole rings is 1. The molecule has 0 bridgehead atoms. The van der Waals surface area contributed by atoms with Crippen molar-refractivity contribution in [3.05, 3.63) is 109 Å². The van der Waals surface area contributed by atoms with E-state index in [2.05, 4.69) is 127 Å². The number of hydrogen-bond donors (Lipinski definition) is 0. The number of halogens is 1. The van der Waals surface area contributed by atoms with E-state index in [1.54, 1.807) is 6.33 Å². The van der Waals surface area contributed by atoms with Gasteiger partial charge in [0.2, 0.25) is 0 Å². The fourth-order valence-corrected chi connectivity index (χ4v) is 13.3. The van der Waals surface area contributed by atoms with E-state index in [0.29, 0.717) is 22.9 Å². The van der Waals surface area contributed by atoms with E-state index in [9.17, 15) is 0 Å². The average Bonchev–Trinajstić information content (AvgIpc) is 3.59. The molecule has 6 nitrogen and oxygen atoms in total. The molecule has 41 heavy (non-hydrogen) atoms. The van der Waals surface area contributed by atoms with Crippen molar-refractivity contribution >= 4 is 60.9 Å². The number of aromatic nitrogens is 4. The molecule has 0 unspecified atom stereocenters. The quantitative estimate of drug-likeness (QED) is 0.132. The summed E-state index contributed by atoms with van der Waals surface area (Å²) in [6, 6.07) is 32.2. The summed E-state index contributed by atoms with van der Waals surface area (Å²) < 4.78 is 17.5. The Morgan fingerprint density at radius 1 is 0.902 bits per heavy atom. The molecule has 1 fully saturated rings. The summed E-state index contributed by atoms with van der Waals surface area (Å²) in [7, 11) is -2.68. The fourth-order valence-electron chi connectivity index (χ4n) is 5.84. The van der Waals surface area contributed by atoms with Crippen LogP contribution in [0, 0.1) is 0 Å².